The topological polar surface area (TPSA) is 106 Å². The summed E-state index contributed by atoms with van der Waals surface area (Å²) in [6.07, 6.45) is 0. The van der Waals surface area contributed by atoms with Crippen LogP contribution < -0.4 is 20.5 Å². The number of nitrogens with two attached hydrogens (primary N) is 1. The van der Waals surface area contributed by atoms with Gasteiger partial charge in [-0.1, -0.05) is 36.4 Å². The Morgan fingerprint density at radius 1 is 1.16 bits per heavy atom. The molecule has 0 unspecified atom stereocenters. The Labute approximate surface area is 148 Å². The highest BCUT2D eigenvalue weighted by Gasteiger charge is 2.09. The summed E-state index contributed by atoms with van der Waals surface area (Å²) in [6.45, 7) is 0.317. The maximum absolute atomic E-state index is 12.0. The quantitative estimate of drug-likeness (QED) is 0.488. The van der Waals surface area contributed by atoms with Crippen LogP contribution >= 0.6 is 0 Å². The fourth-order valence-corrected chi connectivity index (χ4v) is 2.90. The molecule has 0 aromatic heterocycles. The Bertz CT molecular complexity index is 808. The van der Waals surface area contributed by atoms with Crippen molar-refractivity contribution in [1.29, 1.82) is 0 Å². The first-order valence-electron chi connectivity index (χ1n) is 7.71. The summed E-state index contributed by atoms with van der Waals surface area (Å²) in [6, 6.07) is 16.5. The lowest BCUT2D eigenvalue weighted by atomic mass is 10.2. The van der Waals surface area contributed by atoms with E-state index in [2.05, 4.69) is 15.0 Å². The molecule has 134 valence electrons. The second kappa shape index (κ2) is 9.05. The van der Waals surface area contributed by atoms with Gasteiger partial charge in [-0.05, 0) is 17.7 Å². The monoisotopic (exact) mass is 362 g/mol. The van der Waals surface area contributed by atoms with Gasteiger partial charge in [0.1, 0.15) is 5.75 Å². The number of guanidine groups is 1. The molecule has 2 aromatic rings. The van der Waals surface area contributed by atoms with Crippen LogP contribution in [0.2, 0.25) is 0 Å². The predicted octanol–water partition coefficient (Wildman–Crippen LogP) is 1.54. The second-order valence-corrected chi connectivity index (χ2v) is 7.18. The number of hydrogen-bond acceptors (Lipinski definition) is 4. The minimum Gasteiger partial charge on any atom is -0.497 e. The van der Waals surface area contributed by atoms with E-state index in [-0.39, 0.29) is 24.8 Å². The molecule has 0 atom stereocenters. The number of sulfonamides is 1. The molecule has 0 bridgehead atoms. The zero-order chi connectivity index (χ0) is 18.1. The standard InChI is InChI=1S/C17H22N4O3S/c1-24-16-9-5-8-15(12-16)21-17(18)19-10-11-25(22,23)20-13-14-6-3-2-4-7-14/h2-9,12,20H,10-11,13H2,1H3,(H3,18,19,21). The van der Waals surface area contributed by atoms with Crippen LogP contribution in [-0.4, -0.2) is 33.8 Å². The van der Waals surface area contributed by atoms with Crippen molar-refractivity contribution in [2.75, 3.05) is 24.7 Å². The lowest BCUT2D eigenvalue weighted by molar-refractivity contribution is 0.415. The molecule has 0 heterocycles. The van der Waals surface area contributed by atoms with E-state index in [0.29, 0.717) is 11.4 Å². The largest absolute Gasteiger partial charge is 0.497 e. The zero-order valence-corrected chi connectivity index (χ0v) is 14.8. The summed E-state index contributed by atoms with van der Waals surface area (Å²) in [5.41, 5.74) is 7.39. The van der Waals surface area contributed by atoms with E-state index in [1.54, 1.807) is 13.2 Å². The van der Waals surface area contributed by atoms with Crippen molar-refractivity contribution in [1.82, 2.24) is 4.72 Å². The van der Waals surface area contributed by atoms with E-state index < -0.39 is 10.0 Å². The van der Waals surface area contributed by atoms with Crippen LogP contribution in [0.5, 0.6) is 5.75 Å². The van der Waals surface area contributed by atoms with Crippen molar-refractivity contribution in [3.05, 3.63) is 60.2 Å². The third-order valence-electron chi connectivity index (χ3n) is 3.32. The van der Waals surface area contributed by atoms with Gasteiger partial charge in [-0.15, -0.1) is 0 Å². The number of anilines is 1. The van der Waals surface area contributed by atoms with Crippen LogP contribution in [0.1, 0.15) is 5.56 Å². The Morgan fingerprint density at radius 2 is 1.92 bits per heavy atom. The smallest absolute Gasteiger partial charge is 0.213 e. The van der Waals surface area contributed by atoms with Gasteiger partial charge < -0.3 is 15.8 Å². The molecule has 0 aliphatic carbocycles. The minimum atomic E-state index is -3.42. The van der Waals surface area contributed by atoms with Gasteiger partial charge in [0.05, 0.1) is 19.4 Å². The maximum Gasteiger partial charge on any atom is 0.213 e. The van der Waals surface area contributed by atoms with Crippen molar-refractivity contribution in [2.24, 2.45) is 10.7 Å². The lowest BCUT2D eigenvalue weighted by Crippen LogP contribution is -2.28. The minimum absolute atomic E-state index is 0.0624. The average molecular weight is 362 g/mol. The highest BCUT2D eigenvalue weighted by Crippen LogP contribution is 2.16. The van der Waals surface area contributed by atoms with Gasteiger partial charge in [0.2, 0.25) is 10.0 Å². The number of aliphatic imine (C=N–C) groups is 1. The van der Waals surface area contributed by atoms with E-state index in [1.165, 1.54) is 0 Å². The number of rotatable bonds is 8. The summed E-state index contributed by atoms with van der Waals surface area (Å²) in [5, 5.41) is 2.89. The molecule has 8 heteroatoms. The zero-order valence-electron chi connectivity index (χ0n) is 14.0. The third-order valence-corrected chi connectivity index (χ3v) is 4.63. The SMILES string of the molecule is COc1cccc(NC(N)=NCCS(=O)(=O)NCc2ccccc2)c1. The van der Waals surface area contributed by atoms with Gasteiger partial charge in [-0.2, -0.15) is 0 Å². The van der Waals surface area contributed by atoms with Crippen molar-refractivity contribution in [3.63, 3.8) is 0 Å². The number of benzene rings is 2. The lowest BCUT2D eigenvalue weighted by Gasteiger charge is -2.08. The molecule has 2 rings (SSSR count). The van der Waals surface area contributed by atoms with Gasteiger partial charge in [0, 0.05) is 18.3 Å². The van der Waals surface area contributed by atoms with Gasteiger partial charge in [0.25, 0.3) is 0 Å². The van der Waals surface area contributed by atoms with E-state index in [1.807, 2.05) is 48.5 Å². The van der Waals surface area contributed by atoms with Gasteiger partial charge in [-0.3, -0.25) is 4.99 Å². The van der Waals surface area contributed by atoms with E-state index >= 15 is 0 Å². The second-order valence-electron chi connectivity index (χ2n) is 5.25. The number of ether oxygens (including phenoxy) is 1. The first-order chi connectivity index (χ1) is 12.0. The molecule has 7 nitrogen and oxygen atoms in total. The predicted molar refractivity (Wildman–Crippen MR) is 100 cm³/mol. The first kappa shape index (κ1) is 18.8. The number of methoxy groups -OCH3 is 1. The molecule has 0 saturated heterocycles. The highest BCUT2D eigenvalue weighted by atomic mass is 32.2. The van der Waals surface area contributed by atoms with Crippen molar-refractivity contribution < 1.29 is 13.2 Å². The molecule has 0 aliphatic heterocycles. The number of nitrogens with one attached hydrogen (secondary N) is 2. The summed E-state index contributed by atoms with van der Waals surface area (Å²) in [5.74, 6) is 0.692. The Hall–Kier alpha value is -2.58. The van der Waals surface area contributed by atoms with Crippen LogP contribution in [-0.2, 0) is 16.6 Å². The fraction of sp³-hybridized carbons (Fsp3) is 0.235. The highest BCUT2D eigenvalue weighted by molar-refractivity contribution is 7.89. The Balaban J connectivity index is 1.81. The van der Waals surface area contributed by atoms with E-state index in [4.69, 9.17) is 10.5 Å². The van der Waals surface area contributed by atoms with Gasteiger partial charge in [0.15, 0.2) is 5.96 Å². The molecule has 2 aromatic carbocycles. The number of hydrogen-bond donors (Lipinski definition) is 3. The van der Waals surface area contributed by atoms with Gasteiger partial charge >= 0.3 is 0 Å². The van der Waals surface area contributed by atoms with Crippen LogP contribution in [0.3, 0.4) is 0 Å². The average Bonchev–Trinajstić information content (AvgIpc) is 2.61. The normalized spacial score (nSPS) is 12.0. The molecule has 25 heavy (non-hydrogen) atoms. The maximum atomic E-state index is 12.0. The molecule has 0 amide bonds. The Morgan fingerprint density at radius 3 is 2.64 bits per heavy atom. The molecule has 0 radical (unpaired) electrons. The third kappa shape index (κ3) is 6.82. The molecule has 0 fully saturated rings. The van der Waals surface area contributed by atoms with Crippen molar-refractivity contribution in [3.8, 4) is 5.75 Å². The van der Waals surface area contributed by atoms with Crippen LogP contribution in [0, 0.1) is 0 Å². The van der Waals surface area contributed by atoms with E-state index in [9.17, 15) is 8.42 Å². The molecule has 0 spiro atoms. The molecular formula is C17H22N4O3S. The molecule has 0 saturated carbocycles. The molecular weight excluding hydrogens is 340 g/mol. The van der Waals surface area contributed by atoms with Crippen LogP contribution in [0.4, 0.5) is 5.69 Å². The van der Waals surface area contributed by atoms with Crippen LogP contribution in [0.15, 0.2) is 59.6 Å². The molecule has 4 N–H and O–H groups in total. The van der Waals surface area contributed by atoms with Crippen molar-refractivity contribution >= 4 is 21.7 Å². The van der Waals surface area contributed by atoms with E-state index in [0.717, 1.165) is 5.56 Å². The van der Waals surface area contributed by atoms with Crippen LogP contribution in [0.25, 0.3) is 0 Å². The fourth-order valence-electron chi connectivity index (χ4n) is 2.04. The summed E-state index contributed by atoms with van der Waals surface area (Å²) < 4.78 is 31.6. The summed E-state index contributed by atoms with van der Waals surface area (Å²) >= 11 is 0. The number of nitrogens with zero attached hydrogens (tertiary/aromatic N) is 1. The van der Waals surface area contributed by atoms with Gasteiger partial charge in [-0.25, -0.2) is 13.1 Å². The van der Waals surface area contributed by atoms with Crippen molar-refractivity contribution in [2.45, 2.75) is 6.54 Å². The summed E-state index contributed by atoms with van der Waals surface area (Å²) in [7, 11) is -1.85. The Kier molecular flexibility index (Phi) is 6.79. The summed E-state index contributed by atoms with van der Waals surface area (Å²) in [4.78, 5) is 4.04. The first-order valence-corrected chi connectivity index (χ1v) is 9.36. The molecule has 0 aliphatic rings.